The summed E-state index contributed by atoms with van der Waals surface area (Å²) in [7, 11) is -21.2. The van der Waals surface area contributed by atoms with E-state index in [2.05, 4.69) is 4.74 Å². The van der Waals surface area contributed by atoms with E-state index >= 15 is 0 Å². The molecule has 1 aliphatic rings. The van der Waals surface area contributed by atoms with Gasteiger partial charge in [0.25, 0.3) is 40.5 Å². The number of fused-ring (bicyclic) bond motifs is 3. The van der Waals surface area contributed by atoms with E-state index in [9.17, 15) is 56.7 Å². The molecular weight excluding hydrogens is 568 g/mol. The van der Waals surface area contributed by atoms with Crippen LogP contribution in [0.4, 0.5) is 4.79 Å². The van der Waals surface area contributed by atoms with Crippen LogP contribution in [0.1, 0.15) is 17.0 Å². The Morgan fingerprint density at radius 3 is 1.24 bits per heavy atom. The van der Waals surface area contributed by atoms with Crippen LogP contribution in [-0.4, -0.2) is 63.9 Å². The Labute approximate surface area is 197 Å². The number of halogens is 1. The maximum absolute atomic E-state index is 11.8. The Bertz CT molecular complexity index is 1560. The predicted octanol–water partition coefficient (Wildman–Crippen LogP) is 1.16. The number of benzene rings is 2. The molecule has 0 heterocycles. The van der Waals surface area contributed by atoms with E-state index in [-0.39, 0.29) is 22.3 Å². The molecule has 0 radical (unpaired) electrons. The SMILES string of the molecule is O=C(Cl)OCC1c2cc(S(=O)(=O)O)c(S(=O)(=O)O)cc2-c2cc(S(=O)(=O)O)c(S(=O)(=O)O)cc21. The van der Waals surface area contributed by atoms with Gasteiger partial charge in [0.2, 0.25) is 0 Å². The summed E-state index contributed by atoms with van der Waals surface area (Å²) in [5, 5.41) is 0. The first-order chi connectivity index (χ1) is 15.2. The molecule has 0 saturated heterocycles. The van der Waals surface area contributed by atoms with E-state index in [1.165, 1.54) is 0 Å². The van der Waals surface area contributed by atoms with Crippen molar-refractivity contribution in [1.29, 1.82) is 0 Å². The highest BCUT2D eigenvalue weighted by molar-refractivity contribution is 7.89. The van der Waals surface area contributed by atoms with Gasteiger partial charge in [-0.1, -0.05) is 0 Å². The van der Waals surface area contributed by atoms with Crippen molar-refractivity contribution in [1.82, 2.24) is 0 Å². The van der Waals surface area contributed by atoms with Gasteiger partial charge < -0.3 is 4.74 Å². The Kier molecular flexibility index (Phi) is 6.38. The first-order valence-corrected chi connectivity index (χ1v) is 14.4. The van der Waals surface area contributed by atoms with Gasteiger partial charge in [-0.2, -0.15) is 33.7 Å². The molecule has 19 heteroatoms. The monoisotopic (exact) mass is 578 g/mol. The van der Waals surface area contributed by atoms with E-state index in [0.29, 0.717) is 24.3 Å². The fourth-order valence-electron chi connectivity index (χ4n) is 3.50. The molecule has 14 nitrogen and oxygen atoms in total. The predicted molar refractivity (Wildman–Crippen MR) is 110 cm³/mol. The maximum Gasteiger partial charge on any atom is 0.403 e. The summed E-state index contributed by atoms with van der Waals surface area (Å²) in [5.74, 6) is -1.33. The van der Waals surface area contributed by atoms with Gasteiger partial charge in [-0.25, -0.2) is 4.79 Å². The maximum atomic E-state index is 11.8. The summed E-state index contributed by atoms with van der Waals surface area (Å²) in [6.45, 7) is -0.728. The summed E-state index contributed by atoms with van der Waals surface area (Å²) >= 11 is 5.13. The van der Waals surface area contributed by atoms with Gasteiger partial charge in [-0.3, -0.25) is 18.2 Å². The van der Waals surface area contributed by atoms with E-state index < -0.39 is 78.0 Å². The lowest BCUT2D eigenvalue weighted by Crippen LogP contribution is -2.13. The van der Waals surface area contributed by atoms with Crippen molar-refractivity contribution in [3.8, 4) is 11.1 Å². The van der Waals surface area contributed by atoms with Crippen LogP contribution in [0.25, 0.3) is 11.1 Å². The van der Waals surface area contributed by atoms with Crippen molar-refractivity contribution >= 4 is 57.5 Å². The molecule has 34 heavy (non-hydrogen) atoms. The molecule has 2 aromatic carbocycles. The Balaban J connectivity index is 2.52. The molecule has 0 fully saturated rings. The molecule has 1 aliphatic carbocycles. The van der Waals surface area contributed by atoms with Crippen LogP contribution in [-0.2, 0) is 45.2 Å². The molecule has 0 aromatic heterocycles. The van der Waals surface area contributed by atoms with Crippen molar-refractivity contribution in [2.45, 2.75) is 25.5 Å². The zero-order valence-corrected chi connectivity index (χ0v) is 20.0. The number of carbonyl (C=O) groups excluding carboxylic acids is 1. The molecule has 0 aliphatic heterocycles. The highest BCUT2D eigenvalue weighted by Crippen LogP contribution is 2.49. The second kappa shape index (κ2) is 8.21. The van der Waals surface area contributed by atoms with Crippen LogP contribution in [0.2, 0.25) is 0 Å². The topological polar surface area (TPSA) is 244 Å². The molecule has 4 N–H and O–H groups in total. The first kappa shape index (κ1) is 26.4. The van der Waals surface area contributed by atoms with Gasteiger partial charge in [-0.05, 0) is 46.5 Å². The van der Waals surface area contributed by atoms with Crippen LogP contribution in [0.5, 0.6) is 0 Å². The minimum Gasteiger partial charge on any atom is -0.453 e. The standard InChI is InChI=1S/C15H11ClO14S4/c16-15(17)30-5-10-8-3-13(33(24,25)26)11(31(18,19)20)1-6(8)7-2-12(32(21,22)23)14(4-9(7)10)34(27,28)29/h1-4,10H,5H2,(H,18,19,20)(H,21,22,23)(H,24,25,26)(H,27,28,29). The van der Waals surface area contributed by atoms with Crippen LogP contribution in [0.15, 0.2) is 43.8 Å². The van der Waals surface area contributed by atoms with Gasteiger partial charge >= 0.3 is 5.43 Å². The van der Waals surface area contributed by atoms with Crippen LogP contribution in [0, 0.1) is 0 Å². The average Bonchev–Trinajstić information content (AvgIpc) is 2.94. The summed E-state index contributed by atoms with van der Waals surface area (Å²) < 4.78 is 137. The van der Waals surface area contributed by atoms with Crippen LogP contribution < -0.4 is 0 Å². The highest BCUT2D eigenvalue weighted by atomic mass is 35.5. The molecular formula is C15H11ClO14S4. The van der Waals surface area contributed by atoms with E-state index in [1.54, 1.807) is 0 Å². The molecule has 0 atom stereocenters. The van der Waals surface area contributed by atoms with E-state index in [4.69, 9.17) is 11.6 Å². The number of rotatable bonds is 6. The van der Waals surface area contributed by atoms with Gasteiger partial charge in [0.1, 0.15) is 26.2 Å². The third-order valence-electron chi connectivity index (χ3n) is 4.75. The van der Waals surface area contributed by atoms with Gasteiger partial charge in [-0.15, -0.1) is 0 Å². The Morgan fingerprint density at radius 2 is 0.971 bits per heavy atom. The molecule has 0 bridgehead atoms. The molecule has 186 valence electrons. The largest absolute Gasteiger partial charge is 0.453 e. The van der Waals surface area contributed by atoms with E-state index in [0.717, 1.165) is 0 Å². The van der Waals surface area contributed by atoms with Gasteiger partial charge in [0, 0.05) is 17.5 Å². The van der Waals surface area contributed by atoms with E-state index in [1.807, 2.05) is 0 Å². The van der Waals surface area contributed by atoms with Gasteiger partial charge in [0.05, 0.1) is 0 Å². The fourth-order valence-corrected chi connectivity index (χ4v) is 7.16. The highest BCUT2D eigenvalue weighted by Gasteiger charge is 2.38. The number of ether oxygens (including phenoxy) is 1. The van der Waals surface area contributed by atoms with Crippen molar-refractivity contribution in [2.24, 2.45) is 0 Å². The Morgan fingerprint density at radius 1 is 0.676 bits per heavy atom. The lowest BCUT2D eigenvalue weighted by atomic mass is 9.98. The molecule has 0 unspecified atom stereocenters. The summed E-state index contributed by atoms with van der Waals surface area (Å²) in [6.07, 6.45) is 0. The second-order valence-electron chi connectivity index (χ2n) is 6.77. The molecule has 2 aromatic rings. The van der Waals surface area contributed by atoms with Crippen LogP contribution in [0.3, 0.4) is 0 Å². The van der Waals surface area contributed by atoms with Crippen molar-refractivity contribution in [3.63, 3.8) is 0 Å². The van der Waals surface area contributed by atoms with Crippen molar-refractivity contribution in [3.05, 3.63) is 35.4 Å². The molecule has 0 amide bonds. The smallest absolute Gasteiger partial charge is 0.403 e. The minimum absolute atomic E-state index is 0.235. The quantitative estimate of drug-likeness (QED) is 0.277. The molecule has 0 spiro atoms. The lowest BCUT2D eigenvalue weighted by molar-refractivity contribution is 0.170. The normalized spacial score (nSPS) is 14.5. The zero-order valence-electron chi connectivity index (χ0n) is 16.0. The second-order valence-corrected chi connectivity index (χ2v) is 12.6. The van der Waals surface area contributed by atoms with Crippen molar-refractivity contribution < 1.29 is 61.4 Å². The third kappa shape index (κ3) is 4.95. The van der Waals surface area contributed by atoms with Crippen LogP contribution >= 0.6 is 11.6 Å². The first-order valence-electron chi connectivity index (χ1n) is 8.31. The number of hydrogen-bond donors (Lipinski definition) is 4. The summed E-state index contributed by atoms with van der Waals surface area (Å²) in [6, 6.07) is 2.22. The zero-order chi connectivity index (χ0) is 26.0. The summed E-state index contributed by atoms with van der Waals surface area (Å²) in [5.41, 5.74) is -2.44. The number of hydrogen-bond acceptors (Lipinski definition) is 10. The summed E-state index contributed by atoms with van der Waals surface area (Å²) in [4.78, 5) is 5.86. The molecule has 0 saturated carbocycles. The van der Waals surface area contributed by atoms with Crippen molar-refractivity contribution in [2.75, 3.05) is 6.61 Å². The molecule has 3 rings (SSSR count). The Hall–Kier alpha value is -2.16. The number of carbonyl (C=O) groups is 1. The fraction of sp³-hybridized carbons (Fsp3) is 0.133. The van der Waals surface area contributed by atoms with Gasteiger partial charge in [0.15, 0.2) is 0 Å². The third-order valence-corrected chi connectivity index (χ3v) is 8.69. The lowest BCUT2D eigenvalue weighted by Gasteiger charge is -2.15. The minimum atomic E-state index is -5.30. The average molecular weight is 579 g/mol.